The normalized spacial score (nSPS) is 34.2. The third kappa shape index (κ3) is 9.45. The Hall–Kier alpha value is -3.11. The van der Waals surface area contributed by atoms with Gasteiger partial charge in [-0.15, -0.1) is 0 Å². The summed E-state index contributed by atoms with van der Waals surface area (Å²) in [5.41, 5.74) is -0.264. The van der Waals surface area contributed by atoms with Crippen molar-refractivity contribution in [2.24, 2.45) is 5.41 Å². The van der Waals surface area contributed by atoms with E-state index in [4.69, 9.17) is 28.5 Å². The second-order valence-corrected chi connectivity index (χ2v) is 16.6. The van der Waals surface area contributed by atoms with E-state index in [1.807, 2.05) is 18.2 Å². The van der Waals surface area contributed by atoms with Crippen molar-refractivity contribution < 1.29 is 73.5 Å². The highest BCUT2D eigenvalue weighted by Crippen LogP contribution is 2.58. The van der Waals surface area contributed by atoms with Crippen molar-refractivity contribution in [3.8, 4) is 0 Å². The Morgan fingerprint density at radius 3 is 2.37 bits per heavy atom. The maximum atomic E-state index is 14.9. The average molecular weight is 850 g/mol. The first-order valence-corrected chi connectivity index (χ1v) is 21.4. The molecule has 0 radical (unpaired) electrons. The third-order valence-electron chi connectivity index (χ3n) is 12.3. The van der Waals surface area contributed by atoms with E-state index >= 15 is 0 Å². The number of unbranched alkanes of at least 4 members (excludes halogenated alkanes) is 4. The van der Waals surface area contributed by atoms with Crippen LogP contribution >= 0.6 is 0 Å². The summed E-state index contributed by atoms with van der Waals surface area (Å²) >= 11 is 0. The second-order valence-electron chi connectivity index (χ2n) is 16.6. The van der Waals surface area contributed by atoms with Gasteiger partial charge in [0.2, 0.25) is 11.8 Å². The molecule has 13 atom stereocenters. The third-order valence-corrected chi connectivity index (χ3v) is 12.3. The standard InChI is InChI=1S/C42H63N3O15/c1-4-6-10-16-41(17-11-7-5-2)58-33-27-21-42(40(54)44-29(24(3)48)37(52)43-18-19-46)35(38(53)56-27)45(60-36(42)34(33)59-41)22-26-14-9-8-13-25(26)15-12-20-55-39-32(51)31(50)30(49)28(23-47)57-39/h8-9,12-15,24,27-36,39,46-51H,4-7,10-11,16-23H2,1-3H3,(H,43,52)(H,44,54)/t24-,27+,28+,29+,30-,31-,32+,33-,34-,35-,36+,39-,42-/m0/s1. The molecule has 0 aromatic heterocycles. The molecule has 6 rings (SSSR count). The summed E-state index contributed by atoms with van der Waals surface area (Å²) in [4.78, 5) is 49.1. The van der Waals surface area contributed by atoms with Gasteiger partial charge in [0.15, 0.2) is 18.1 Å². The number of carbonyl (C=O) groups is 3. The molecule has 1 aliphatic carbocycles. The quantitative estimate of drug-likeness (QED) is 0.0595. The molecular formula is C42H63N3O15. The van der Waals surface area contributed by atoms with Gasteiger partial charge >= 0.3 is 5.97 Å². The van der Waals surface area contributed by atoms with Crippen LogP contribution in [0.25, 0.3) is 6.08 Å². The van der Waals surface area contributed by atoms with Gasteiger partial charge in [0, 0.05) is 25.8 Å². The van der Waals surface area contributed by atoms with Crippen molar-refractivity contribution in [3.05, 3.63) is 41.5 Å². The SMILES string of the molecule is CCCCCC1(CCCCC)O[C@@H]2[C@H](O1)[C@H]1ON(Cc3ccccc3C=CCO[C@H]3O[C@H](CO)[C@H](O)[C@H](O)[C@H]3O)[C@H]3C(=O)O[C@@H]2C[C@@]13C(=O)N[C@@H](C(=O)NCCO)[C@H](C)O. The molecule has 336 valence electrons. The fraction of sp³-hybridized carbons (Fsp3) is 0.738. The van der Waals surface area contributed by atoms with Gasteiger partial charge in [-0.3, -0.25) is 19.2 Å². The highest BCUT2D eigenvalue weighted by Gasteiger charge is 2.76. The lowest BCUT2D eigenvalue weighted by atomic mass is 9.62. The van der Waals surface area contributed by atoms with Gasteiger partial charge in [0.1, 0.15) is 60.3 Å². The molecule has 2 bridgehead atoms. The largest absolute Gasteiger partial charge is 0.458 e. The van der Waals surface area contributed by atoms with E-state index < -0.39 is 109 Å². The van der Waals surface area contributed by atoms with Gasteiger partial charge in [-0.05, 0) is 30.9 Å². The molecule has 0 spiro atoms. The number of carbonyl (C=O) groups excluding carboxylic acids is 3. The molecule has 4 saturated heterocycles. The number of hydroxylamine groups is 2. The van der Waals surface area contributed by atoms with Crippen molar-refractivity contribution in [3.63, 3.8) is 0 Å². The summed E-state index contributed by atoms with van der Waals surface area (Å²) < 4.78 is 31.0. The molecule has 1 saturated carbocycles. The van der Waals surface area contributed by atoms with Gasteiger partial charge in [-0.25, -0.2) is 0 Å². The average Bonchev–Trinajstić information content (AvgIpc) is 3.79. The Bertz CT molecular complexity index is 1640. The lowest BCUT2D eigenvalue weighted by Crippen LogP contribution is -2.71. The van der Waals surface area contributed by atoms with E-state index in [0.717, 1.165) is 38.5 Å². The molecule has 4 aliphatic heterocycles. The van der Waals surface area contributed by atoms with Crippen LogP contribution in [0.3, 0.4) is 0 Å². The van der Waals surface area contributed by atoms with Crippen LogP contribution < -0.4 is 10.6 Å². The van der Waals surface area contributed by atoms with Gasteiger partial charge in [0.05, 0.1) is 32.5 Å². The zero-order chi connectivity index (χ0) is 43.2. The van der Waals surface area contributed by atoms with Crippen LogP contribution in [-0.4, -0.2) is 159 Å². The van der Waals surface area contributed by atoms with Crippen LogP contribution in [0.4, 0.5) is 0 Å². The Balaban J connectivity index is 1.29. The van der Waals surface area contributed by atoms with Gasteiger partial charge in [-0.1, -0.05) is 75.9 Å². The maximum Gasteiger partial charge on any atom is 0.327 e. The highest BCUT2D eigenvalue weighted by molar-refractivity contribution is 5.96. The molecule has 5 fully saturated rings. The summed E-state index contributed by atoms with van der Waals surface area (Å²) in [6.07, 6.45) is -1.74. The van der Waals surface area contributed by atoms with E-state index in [9.17, 15) is 45.0 Å². The Labute approximate surface area is 350 Å². The van der Waals surface area contributed by atoms with Crippen molar-refractivity contribution in [2.45, 2.75) is 164 Å². The molecule has 8 N–H and O–H groups in total. The summed E-state index contributed by atoms with van der Waals surface area (Å²) in [5, 5.41) is 66.8. The summed E-state index contributed by atoms with van der Waals surface area (Å²) in [7, 11) is 0. The second kappa shape index (κ2) is 20.4. The topological polar surface area (TPSA) is 255 Å². The van der Waals surface area contributed by atoms with Crippen molar-refractivity contribution in [1.29, 1.82) is 0 Å². The lowest BCUT2D eigenvalue weighted by Gasteiger charge is -2.49. The molecule has 0 unspecified atom stereocenters. The Kier molecular flexibility index (Phi) is 15.8. The van der Waals surface area contributed by atoms with Crippen LogP contribution in [0, 0.1) is 5.41 Å². The monoisotopic (exact) mass is 849 g/mol. The van der Waals surface area contributed by atoms with E-state index in [2.05, 4.69) is 24.5 Å². The predicted octanol–water partition coefficient (Wildman–Crippen LogP) is -0.0688. The summed E-state index contributed by atoms with van der Waals surface area (Å²) in [5.74, 6) is -3.10. The molecule has 1 aromatic rings. The van der Waals surface area contributed by atoms with Crippen molar-refractivity contribution in [1.82, 2.24) is 15.7 Å². The first-order valence-electron chi connectivity index (χ1n) is 21.4. The molecule has 5 aliphatic rings. The number of nitrogens with one attached hydrogen (secondary N) is 2. The Morgan fingerprint density at radius 2 is 1.70 bits per heavy atom. The highest BCUT2D eigenvalue weighted by atomic mass is 16.8. The number of ether oxygens (including phenoxy) is 5. The van der Waals surface area contributed by atoms with E-state index in [-0.39, 0.29) is 32.7 Å². The molecule has 60 heavy (non-hydrogen) atoms. The number of rotatable bonds is 21. The van der Waals surface area contributed by atoms with Crippen molar-refractivity contribution in [2.75, 3.05) is 26.4 Å². The smallest absolute Gasteiger partial charge is 0.327 e. The maximum absolute atomic E-state index is 14.9. The van der Waals surface area contributed by atoms with Gasteiger partial charge in [0.25, 0.3) is 0 Å². The van der Waals surface area contributed by atoms with E-state index in [1.165, 1.54) is 12.0 Å². The number of hydrogen-bond donors (Lipinski definition) is 8. The molecule has 18 nitrogen and oxygen atoms in total. The van der Waals surface area contributed by atoms with Crippen molar-refractivity contribution >= 4 is 23.9 Å². The number of nitrogens with zero attached hydrogens (tertiary/aromatic N) is 1. The minimum absolute atomic E-state index is 0.00254. The zero-order valence-corrected chi connectivity index (χ0v) is 34.6. The lowest BCUT2D eigenvalue weighted by molar-refractivity contribution is -0.298. The molecule has 4 heterocycles. The fourth-order valence-electron chi connectivity index (χ4n) is 9.21. The van der Waals surface area contributed by atoms with Crippen LogP contribution in [0.15, 0.2) is 30.3 Å². The molecule has 18 heteroatoms. The summed E-state index contributed by atoms with van der Waals surface area (Å²) in [6.45, 7) is 4.46. The van der Waals surface area contributed by atoms with Crippen LogP contribution in [0.5, 0.6) is 0 Å². The predicted molar refractivity (Wildman–Crippen MR) is 211 cm³/mol. The van der Waals surface area contributed by atoms with Crippen LogP contribution in [0.2, 0.25) is 0 Å². The first kappa shape index (κ1) is 46.4. The van der Waals surface area contributed by atoms with Crippen LogP contribution in [-0.2, 0) is 49.5 Å². The number of fused-ring (bicyclic) bond motifs is 4. The first-order chi connectivity index (χ1) is 28.8. The molecule has 2 amide bonds. The van der Waals surface area contributed by atoms with E-state index in [1.54, 1.807) is 18.2 Å². The number of hydrogen-bond acceptors (Lipinski definition) is 16. The fourth-order valence-corrected chi connectivity index (χ4v) is 9.21. The van der Waals surface area contributed by atoms with Gasteiger partial charge < -0.3 is 65.0 Å². The number of aliphatic hydroxyl groups is 6. The minimum Gasteiger partial charge on any atom is -0.458 e. The molecular weight excluding hydrogens is 786 g/mol. The summed E-state index contributed by atoms with van der Waals surface area (Å²) in [6, 6.07) is 4.56. The number of esters is 1. The number of amides is 2. The Morgan fingerprint density at radius 1 is 1.00 bits per heavy atom. The minimum atomic E-state index is -1.64. The zero-order valence-electron chi connectivity index (χ0n) is 34.6. The van der Waals surface area contributed by atoms with Crippen LogP contribution in [0.1, 0.15) is 89.7 Å². The molecule has 1 aromatic carbocycles. The van der Waals surface area contributed by atoms with E-state index in [0.29, 0.717) is 24.0 Å². The number of benzene rings is 1. The number of aliphatic hydroxyl groups excluding tert-OH is 6. The van der Waals surface area contributed by atoms with Gasteiger partial charge in [-0.2, -0.15) is 5.06 Å².